The van der Waals surface area contributed by atoms with Gasteiger partial charge in [0.1, 0.15) is 0 Å². The number of thiophene rings is 2. The van der Waals surface area contributed by atoms with Crippen LogP contribution in [0.4, 0.5) is 0 Å². The van der Waals surface area contributed by atoms with Gasteiger partial charge in [-0.3, -0.25) is 9.59 Å². The molecule has 4 rings (SSSR count). The Kier molecular flexibility index (Phi) is 8.10. The minimum atomic E-state index is -0.00184. The first kappa shape index (κ1) is 24.9. The second-order valence-electron chi connectivity index (χ2n) is 9.30. The quantitative estimate of drug-likeness (QED) is 0.287. The van der Waals surface area contributed by atoms with Gasteiger partial charge in [0, 0.05) is 22.8 Å². The third-order valence-corrected chi connectivity index (χ3v) is 8.61. The van der Waals surface area contributed by atoms with E-state index >= 15 is 0 Å². The van der Waals surface area contributed by atoms with Gasteiger partial charge in [0.15, 0.2) is 0 Å². The lowest BCUT2D eigenvalue weighted by atomic mass is 10.1. The van der Waals surface area contributed by atoms with E-state index in [9.17, 15) is 9.59 Å². The first-order valence-electron chi connectivity index (χ1n) is 12.7. The fourth-order valence-electron chi connectivity index (χ4n) is 4.85. The van der Waals surface area contributed by atoms with Crippen molar-refractivity contribution in [3.63, 3.8) is 0 Å². The van der Waals surface area contributed by atoms with Crippen molar-refractivity contribution in [2.24, 2.45) is 0 Å². The van der Waals surface area contributed by atoms with Crippen molar-refractivity contribution in [3.05, 3.63) is 54.9 Å². The number of amides is 2. The molecule has 0 aliphatic carbocycles. The van der Waals surface area contributed by atoms with Gasteiger partial charge in [-0.05, 0) is 51.0 Å². The van der Waals surface area contributed by atoms with E-state index in [2.05, 4.69) is 52.0 Å². The van der Waals surface area contributed by atoms with E-state index in [-0.39, 0.29) is 11.8 Å². The van der Waals surface area contributed by atoms with Crippen molar-refractivity contribution in [1.82, 2.24) is 9.80 Å². The molecule has 34 heavy (non-hydrogen) atoms. The molecule has 0 spiro atoms. The predicted molar refractivity (Wildman–Crippen MR) is 144 cm³/mol. The Morgan fingerprint density at radius 1 is 0.618 bits per heavy atom. The molecule has 0 bridgehead atoms. The largest absolute Gasteiger partial charge is 0.306 e. The summed E-state index contributed by atoms with van der Waals surface area (Å²) in [6.45, 7) is 9.88. The average Bonchev–Trinajstić information content (AvgIpc) is 3.56. The molecule has 2 aromatic rings. The van der Waals surface area contributed by atoms with Crippen molar-refractivity contribution in [2.75, 3.05) is 13.1 Å². The zero-order valence-corrected chi connectivity index (χ0v) is 22.5. The van der Waals surface area contributed by atoms with E-state index < -0.39 is 0 Å². The molecule has 182 valence electrons. The van der Waals surface area contributed by atoms with Gasteiger partial charge in [-0.25, -0.2) is 0 Å². The summed E-state index contributed by atoms with van der Waals surface area (Å²) in [7, 11) is 0. The molecule has 6 heteroatoms. The maximum absolute atomic E-state index is 14.0. The number of aryl methyl sites for hydroxylation is 2. The highest BCUT2D eigenvalue weighted by molar-refractivity contribution is 7.13. The molecule has 0 fully saturated rings. The third-order valence-electron chi connectivity index (χ3n) is 6.60. The Labute approximate surface area is 212 Å². The van der Waals surface area contributed by atoms with Crippen molar-refractivity contribution in [1.29, 1.82) is 0 Å². The predicted octanol–water partition coefficient (Wildman–Crippen LogP) is 7.39. The van der Waals surface area contributed by atoms with Crippen LogP contribution in [0.5, 0.6) is 0 Å². The van der Waals surface area contributed by atoms with E-state index in [0.717, 1.165) is 59.7 Å². The van der Waals surface area contributed by atoms with Gasteiger partial charge < -0.3 is 9.80 Å². The maximum Gasteiger partial charge on any atom is 0.261 e. The fraction of sp³-hybridized carbons (Fsp3) is 0.500. The topological polar surface area (TPSA) is 40.6 Å². The molecule has 0 N–H and O–H groups in total. The summed E-state index contributed by atoms with van der Waals surface area (Å²) in [6.07, 6.45) is 8.75. The minimum Gasteiger partial charge on any atom is -0.306 e. The highest BCUT2D eigenvalue weighted by atomic mass is 32.1. The van der Waals surface area contributed by atoms with Crippen molar-refractivity contribution in [3.8, 4) is 0 Å². The van der Waals surface area contributed by atoms with Crippen LogP contribution in [0.2, 0.25) is 0 Å². The number of hydrogen-bond donors (Lipinski definition) is 0. The van der Waals surface area contributed by atoms with Crippen LogP contribution in [-0.4, -0.2) is 34.7 Å². The van der Waals surface area contributed by atoms with Crippen LogP contribution in [0.3, 0.4) is 0 Å². The average molecular weight is 497 g/mol. The number of carbonyl (C=O) groups is 2. The molecular weight excluding hydrogens is 460 g/mol. The number of nitrogens with zero attached hydrogens (tertiary/aromatic N) is 2. The molecule has 0 aromatic carbocycles. The van der Waals surface area contributed by atoms with Gasteiger partial charge in [-0.15, -0.1) is 22.7 Å². The zero-order valence-electron chi connectivity index (χ0n) is 20.9. The Balaban J connectivity index is 1.80. The lowest BCUT2D eigenvalue weighted by Crippen LogP contribution is -2.30. The lowest BCUT2D eigenvalue weighted by Gasteiger charge is -2.24. The second kappa shape index (κ2) is 11.0. The summed E-state index contributed by atoms with van der Waals surface area (Å²) >= 11 is 3.34. The Bertz CT molecular complexity index is 1030. The number of hydrogen-bond acceptors (Lipinski definition) is 4. The molecule has 2 aromatic heterocycles. The van der Waals surface area contributed by atoms with E-state index in [1.54, 1.807) is 22.7 Å². The maximum atomic E-state index is 14.0. The summed E-state index contributed by atoms with van der Waals surface area (Å²) in [5, 5.41) is 0. The van der Waals surface area contributed by atoms with E-state index in [1.165, 1.54) is 22.6 Å². The highest BCUT2D eigenvalue weighted by Gasteiger charge is 2.49. The van der Waals surface area contributed by atoms with E-state index in [1.807, 2.05) is 9.80 Å². The standard InChI is InChI=1S/C28H36N2O2S2/c1-5-7-9-11-17-29-25(21-15-13-19(3)33-21)23-24(27(29)31)26(22-16-14-20(4)34-22)30(28(23)32)18-12-10-8-6-2/h13-16H,5-12,17-18H2,1-4H3. The molecule has 0 radical (unpaired) electrons. The Hall–Kier alpha value is -2.18. The molecule has 0 saturated carbocycles. The number of fused-ring (bicyclic) bond motifs is 1. The SMILES string of the molecule is CCCCCCN1C(=O)C2=C(c3ccc(C)s3)N(CCCCCC)C(=O)C2=C1c1ccc(C)s1. The monoisotopic (exact) mass is 496 g/mol. The summed E-state index contributed by atoms with van der Waals surface area (Å²) in [5.41, 5.74) is 2.92. The van der Waals surface area contributed by atoms with E-state index in [4.69, 9.17) is 0 Å². The summed E-state index contributed by atoms with van der Waals surface area (Å²) in [6, 6.07) is 8.31. The number of unbranched alkanes of at least 4 members (excludes halogenated alkanes) is 6. The van der Waals surface area contributed by atoms with Gasteiger partial charge in [0.2, 0.25) is 0 Å². The molecule has 4 nitrogen and oxygen atoms in total. The smallest absolute Gasteiger partial charge is 0.261 e. The molecule has 0 unspecified atom stereocenters. The first-order chi connectivity index (χ1) is 16.5. The van der Waals surface area contributed by atoms with Crippen molar-refractivity contribution in [2.45, 2.75) is 79.1 Å². The van der Waals surface area contributed by atoms with Gasteiger partial charge in [0.25, 0.3) is 11.8 Å². The van der Waals surface area contributed by atoms with Gasteiger partial charge in [0.05, 0.1) is 32.3 Å². The minimum absolute atomic E-state index is 0.00184. The molecule has 4 heterocycles. The molecule has 0 atom stereocenters. The fourth-order valence-corrected chi connectivity index (χ4v) is 6.71. The van der Waals surface area contributed by atoms with Gasteiger partial charge in [-0.2, -0.15) is 0 Å². The van der Waals surface area contributed by atoms with E-state index in [0.29, 0.717) is 24.2 Å². The van der Waals surface area contributed by atoms with Crippen molar-refractivity contribution < 1.29 is 9.59 Å². The Morgan fingerprint density at radius 3 is 1.35 bits per heavy atom. The first-order valence-corrected chi connectivity index (χ1v) is 14.4. The van der Waals surface area contributed by atoms with Crippen LogP contribution in [-0.2, 0) is 9.59 Å². The molecule has 2 aliphatic rings. The van der Waals surface area contributed by atoms with Crippen molar-refractivity contribution >= 4 is 45.9 Å². The molecule has 2 aliphatic heterocycles. The zero-order chi connectivity index (χ0) is 24.2. The highest BCUT2D eigenvalue weighted by Crippen LogP contribution is 2.48. The number of carbonyl (C=O) groups excluding carboxylic acids is 2. The molecule has 0 saturated heterocycles. The van der Waals surface area contributed by atoms with Gasteiger partial charge >= 0.3 is 0 Å². The van der Waals surface area contributed by atoms with Crippen LogP contribution in [0.15, 0.2) is 35.4 Å². The van der Waals surface area contributed by atoms with Crippen LogP contribution < -0.4 is 0 Å². The number of rotatable bonds is 12. The van der Waals surface area contributed by atoms with Crippen LogP contribution in [0.25, 0.3) is 11.4 Å². The molecular formula is C28H36N2O2S2. The Morgan fingerprint density at radius 2 is 1.03 bits per heavy atom. The second-order valence-corrected chi connectivity index (χ2v) is 11.9. The summed E-state index contributed by atoms with van der Waals surface area (Å²) < 4.78 is 0. The lowest BCUT2D eigenvalue weighted by molar-refractivity contribution is -0.124. The van der Waals surface area contributed by atoms with Crippen LogP contribution >= 0.6 is 22.7 Å². The molecule has 2 amide bonds. The normalized spacial score (nSPS) is 16.0. The summed E-state index contributed by atoms with van der Waals surface area (Å²) in [4.78, 5) is 36.1. The third kappa shape index (κ3) is 4.80. The van der Waals surface area contributed by atoms with Crippen LogP contribution in [0.1, 0.15) is 84.7 Å². The van der Waals surface area contributed by atoms with Crippen LogP contribution in [0, 0.1) is 13.8 Å². The van der Waals surface area contributed by atoms with Gasteiger partial charge in [-0.1, -0.05) is 52.4 Å². The summed E-state index contributed by atoms with van der Waals surface area (Å²) in [5.74, 6) is -0.00368.